The van der Waals surface area contributed by atoms with Crippen LogP contribution >= 0.6 is 0 Å². The Balaban J connectivity index is 2.38. The molecule has 0 atom stereocenters. The van der Waals surface area contributed by atoms with Crippen LogP contribution in [-0.2, 0) is 0 Å². The Morgan fingerprint density at radius 2 is 1.80 bits per heavy atom. The zero-order valence-corrected chi connectivity index (χ0v) is 5.87. The summed E-state index contributed by atoms with van der Waals surface area (Å²) in [6.07, 6.45) is 2.77. The van der Waals surface area contributed by atoms with E-state index in [0.29, 0.717) is 12.8 Å². The Hall–Kier alpha value is -0.400. The van der Waals surface area contributed by atoms with E-state index in [2.05, 4.69) is 6.58 Å². The summed E-state index contributed by atoms with van der Waals surface area (Å²) in [5.41, 5.74) is 0. The van der Waals surface area contributed by atoms with Gasteiger partial charge in [-0.15, -0.1) is 6.58 Å². The molecule has 1 aliphatic carbocycles. The van der Waals surface area contributed by atoms with E-state index in [4.69, 9.17) is 0 Å². The van der Waals surface area contributed by atoms with Gasteiger partial charge in [0.15, 0.2) is 0 Å². The van der Waals surface area contributed by atoms with Crippen LogP contribution in [0.25, 0.3) is 0 Å². The molecule has 0 N–H and O–H groups in total. The largest absolute Gasteiger partial charge is 0.248 e. The predicted molar refractivity (Wildman–Crippen MR) is 36.9 cm³/mol. The molecular formula is C8H11F2. The van der Waals surface area contributed by atoms with Crippen molar-refractivity contribution in [3.05, 3.63) is 18.6 Å². The number of alkyl halides is 2. The number of halogens is 2. The van der Waals surface area contributed by atoms with E-state index in [1.165, 1.54) is 0 Å². The fourth-order valence-corrected chi connectivity index (χ4v) is 1.14. The minimum atomic E-state index is -2.41. The monoisotopic (exact) mass is 145 g/mol. The molecular weight excluding hydrogens is 134 g/mol. The second-order valence-corrected chi connectivity index (χ2v) is 2.72. The Morgan fingerprint density at radius 3 is 2.20 bits per heavy atom. The lowest BCUT2D eigenvalue weighted by atomic mass is 9.87. The van der Waals surface area contributed by atoms with Crippen molar-refractivity contribution in [2.45, 2.75) is 31.6 Å². The van der Waals surface area contributed by atoms with Gasteiger partial charge in [-0.1, -0.05) is 6.08 Å². The molecule has 10 heavy (non-hydrogen) atoms. The van der Waals surface area contributed by atoms with E-state index < -0.39 is 5.92 Å². The second-order valence-electron chi connectivity index (χ2n) is 2.72. The Labute approximate surface area is 59.9 Å². The van der Waals surface area contributed by atoms with Crippen molar-refractivity contribution in [3.63, 3.8) is 0 Å². The fourth-order valence-electron chi connectivity index (χ4n) is 1.14. The second kappa shape index (κ2) is 2.69. The summed E-state index contributed by atoms with van der Waals surface area (Å²) < 4.78 is 24.9. The van der Waals surface area contributed by atoms with Gasteiger partial charge in [0.1, 0.15) is 0 Å². The van der Waals surface area contributed by atoms with Crippen LogP contribution < -0.4 is 0 Å². The number of hydrogen-bond donors (Lipinski definition) is 0. The molecule has 0 aromatic rings. The first-order chi connectivity index (χ1) is 4.64. The highest BCUT2D eigenvalue weighted by Crippen LogP contribution is 2.37. The predicted octanol–water partition coefficient (Wildman–Crippen LogP) is 2.96. The maximum atomic E-state index is 12.5. The lowest BCUT2D eigenvalue weighted by molar-refractivity contribution is -0.0280. The number of hydrogen-bond acceptors (Lipinski definition) is 0. The van der Waals surface area contributed by atoms with Crippen molar-refractivity contribution in [1.82, 2.24) is 0 Å². The van der Waals surface area contributed by atoms with Crippen LogP contribution in [0.15, 0.2) is 12.7 Å². The van der Waals surface area contributed by atoms with Crippen molar-refractivity contribution < 1.29 is 8.78 Å². The molecule has 1 rings (SSSR count). The molecule has 57 valence electrons. The molecule has 1 radical (unpaired) electrons. The molecule has 0 amide bonds. The average Bonchev–Trinajstić information content (AvgIpc) is 1.88. The van der Waals surface area contributed by atoms with Gasteiger partial charge < -0.3 is 0 Å². The van der Waals surface area contributed by atoms with Gasteiger partial charge in [0.05, 0.1) is 0 Å². The summed E-state index contributed by atoms with van der Waals surface area (Å²) in [4.78, 5) is 0. The molecule has 0 aromatic carbocycles. The van der Waals surface area contributed by atoms with E-state index in [-0.39, 0.29) is 12.8 Å². The van der Waals surface area contributed by atoms with Crippen molar-refractivity contribution in [3.8, 4) is 0 Å². The third-order valence-electron chi connectivity index (χ3n) is 1.91. The fraction of sp³-hybridized carbons (Fsp3) is 0.625. The normalized spacial score (nSPS) is 26.2. The minimum Gasteiger partial charge on any atom is -0.207 e. The quantitative estimate of drug-likeness (QED) is 0.532. The summed E-state index contributed by atoms with van der Waals surface area (Å²) in [5.74, 6) is -1.34. The molecule has 0 saturated heterocycles. The van der Waals surface area contributed by atoms with E-state index in [0.717, 1.165) is 5.92 Å². The molecule has 2 heteroatoms. The van der Waals surface area contributed by atoms with Gasteiger partial charge in [-0.25, -0.2) is 8.78 Å². The van der Waals surface area contributed by atoms with Gasteiger partial charge in [0.25, 0.3) is 0 Å². The lowest BCUT2D eigenvalue weighted by Crippen LogP contribution is -2.22. The summed E-state index contributed by atoms with van der Waals surface area (Å²) >= 11 is 0. The maximum absolute atomic E-state index is 12.5. The van der Waals surface area contributed by atoms with Gasteiger partial charge in [-0.3, -0.25) is 0 Å². The molecule has 1 fully saturated rings. The van der Waals surface area contributed by atoms with Crippen LogP contribution in [0, 0.1) is 5.92 Å². The van der Waals surface area contributed by atoms with Gasteiger partial charge in [-0.05, 0) is 18.8 Å². The molecule has 1 aliphatic rings. The van der Waals surface area contributed by atoms with E-state index in [1.54, 1.807) is 6.08 Å². The first-order valence-corrected chi connectivity index (χ1v) is 3.49. The van der Waals surface area contributed by atoms with Crippen LogP contribution in [0.5, 0.6) is 0 Å². The van der Waals surface area contributed by atoms with E-state index in [9.17, 15) is 8.78 Å². The Morgan fingerprint density at radius 1 is 1.30 bits per heavy atom. The first-order valence-electron chi connectivity index (χ1n) is 3.49. The summed E-state index contributed by atoms with van der Waals surface area (Å²) in [6, 6.07) is 0. The van der Waals surface area contributed by atoms with Crippen LogP contribution in [0.2, 0.25) is 0 Å². The third kappa shape index (κ3) is 1.79. The number of allylic oxidation sites excluding steroid dienone is 1. The minimum absolute atomic E-state index is 0.00829. The Kier molecular flexibility index (Phi) is 2.07. The molecule has 0 bridgehead atoms. The highest BCUT2D eigenvalue weighted by Gasteiger charge is 2.33. The number of rotatable bonds is 1. The lowest BCUT2D eigenvalue weighted by Gasteiger charge is -2.25. The average molecular weight is 145 g/mol. The highest BCUT2D eigenvalue weighted by atomic mass is 19.3. The summed E-state index contributed by atoms with van der Waals surface area (Å²) in [6.45, 7) is 3.55. The van der Waals surface area contributed by atoms with Crippen LogP contribution in [0.3, 0.4) is 0 Å². The summed E-state index contributed by atoms with van der Waals surface area (Å²) in [7, 11) is 0. The van der Waals surface area contributed by atoms with E-state index in [1.807, 2.05) is 0 Å². The standard InChI is InChI=1S/C8H11F2/c1-2-7-3-5-8(9,10)6-4-7/h2H,1,3-6H2. The molecule has 0 aliphatic heterocycles. The van der Waals surface area contributed by atoms with Crippen LogP contribution in [0.4, 0.5) is 8.78 Å². The zero-order chi connectivity index (χ0) is 7.61. The van der Waals surface area contributed by atoms with Crippen molar-refractivity contribution in [2.24, 2.45) is 0 Å². The van der Waals surface area contributed by atoms with Crippen molar-refractivity contribution >= 4 is 0 Å². The van der Waals surface area contributed by atoms with Crippen molar-refractivity contribution in [1.29, 1.82) is 0 Å². The maximum Gasteiger partial charge on any atom is 0.248 e. The first kappa shape index (κ1) is 7.70. The topological polar surface area (TPSA) is 0 Å². The highest BCUT2D eigenvalue weighted by molar-refractivity contribution is 5.09. The SMILES string of the molecule is C=C[C]1CCC(F)(F)CC1. The zero-order valence-electron chi connectivity index (χ0n) is 5.87. The molecule has 0 nitrogen and oxygen atoms in total. The molecule has 0 spiro atoms. The van der Waals surface area contributed by atoms with Gasteiger partial charge in [0, 0.05) is 12.8 Å². The Bertz CT molecular complexity index is 119. The van der Waals surface area contributed by atoms with Crippen LogP contribution in [0.1, 0.15) is 25.7 Å². The molecule has 0 aromatic heterocycles. The van der Waals surface area contributed by atoms with Gasteiger partial charge in [0.2, 0.25) is 5.92 Å². The van der Waals surface area contributed by atoms with E-state index >= 15 is 0 Å². The van der Waals surface area contributed by atoms with Gasteiger partial charge >= 0.3 is 0 Å². The molecule has 0 heterocycles. The smallest absolute Gasteiger partial charge is 0.207 e. The van der Waals surface area contributed by atoms with Gasteiger partial charge in [-0.2, -0.15) is 0 Å². The summed E-state index contributed by atoms with van der Waals surface area (Å²) in [5, 5.41) is 0. The third-order valence-corrected chi connectivity index (χ3v) is 1.91. The molecule has 1 saturated carbocycles. The van der Waals surface area contributed by atoms with Crippen LogP contribution in [-0.4, -0.2) is 5.92 Å². The van der Waals surface area contributed by atoms with Crippen molar-refractivity contribution in [2.75, 3.05) is 0 Å². The molecule has 0 unspecified atom stereocenters.